The highest BCUT2D eigenvalue weighted by molar-refractivity contribution is 7.99. The molecule has 0 radical (unpaired) electrons. The van der Waals surface area contributed by atoms with E-state index in [0.29, 0.717) is 69.5 Å². The minimum absolute atomic E-state index is 0.0299. The van der Waals surface area contributed by atoms with Crippen LogP contribution in [0.5, 0.6) is 5.75 Å². The Balaban J connectivity index is 1.98. The van der Waals surface area contributed by atoms with Crippen molar-refractivity contribution in [3.05, 3.63) is 29.8 Å². The van der Waals surface area contributed by atoms with Gasteiger partial charge in [-0.05, 0) is 62.8 Å². The number of unbranched alkanes of at least 4 members (excludes halogenated alkanes) is 8. The van der Waals surface area contributed by atoms with E-state index in [4.69, 9.17) is 33.9 Å². The number of nitrogens with one attached hydrogen (secondary N) is 2. The van der Waals surface area contributed by atoms with Crippen LogP contribution in [0.4, 0.5) is 0 Å². The first-order valence-electron chi connectivity index (χ1n) is 24.7. The van der Waals surface area contributed by atoms with Crippen molar-refractivity contribution in [1.29, 1.82) is 0 Å². The molecule has 1 aromatic carbocycles. The molecular formula is C50H78N2O18S. The van der Waals surface area contributed by atoms with E-state index in [1.54, 1.807) is 19.1 Å². The number of carbonyl (C=O) groups excluding carboxylic acids is 5. The zero-order valence-electron chi connectivity index (χ0n) is 41.4. The molecule has 0 bridgehead atoms. The number of ketones is 3. The van der Waals surface area contributed by atoms with Crippen LogP contribution in [0.3, 0.4) is 0 Å². The van der Waals surface area contributed by atoms with Crippen LogP contribution in [0.25, 0.3) is 0 Å². The first-order chi connectivity index (χ1) is 34.1. The summed E-state index contributed by atoms with van der Waals surface area (Å²) in [6.45, 7) is 3.18. The van der Waals surface area contributed by atoms with E-state index in [1.165, 1.54) is 23.9 Å². The van der Waals surface area contributed by atoms with Crippen LogP contribution in [0.15, 0.2) is 24.3 Å². The van der Waals surface area contributed by atoms with Crippen molar-refractivity contribution in [3.8, 4) is 5.75 Å². The molecule has 0 aliphatic heterocycles. The van der Waals surface area contributed by atoms with E-state index < -0.39 is 41.6 Å². The molecule has 0 unspecified atom stereocenters. The highest BCUT2D eigenvalue weighted by atomic mass is 32.2. The molecule has 0 spiro atoms. The van der Waals surface area contributed by atoms with Crippen LogP contribution in [0.1, 0.15) is 133 Å². The van der Waals surface area contributed by atoms with Crippen LogP contribution in [-0.4, -0.2) is 158 Å². The molecule has 402 valence electrons. The number of Topliss-reactive ketones (excluding diaryl/α,β-unsaturated/α-hetero) is 3. The van der Waals surface area contributed by atoms with Crippen LogP contribution in [0.2, 0.25) is 0 Å². The van der Waals surface area contributed by atoms with E-state index in [0.717, 1.165) is 38.5 Å². The van der Waals surface area contributed by atoms with Gasteiger partial charge < -0.3 is 54.7 Å². The average molecular weight is 1030 g/mol. The smallest absolute Gasteiger partial charge is 0.335 e. The van der Waals surface area contributed by atoms with Gasteiger partial charge in [-0.25, -0.2) is 4.79 Å². The molecule has 20 nitrogen and oxygen atoms in total. The standard InChI is InChI=1S/C50H78N2O18S/c1-2-37(47(58)59)35-71-36-42(54)15-11-8-9-13-39(49(62)63)32-43(55)33-68-29-27-67-26-23-52-46(57)34-69-30-28-66-25-22-51-45(56)21-18-40(50(64)65)31-41(53)14-10-6-4-3-5-7-12-24-70-44-19-16-38(17-20-44)48(60)61/h16-17,19-20,37,39-40H,2-15,18,21-36H2,1H3,(H,51,56)(H,52,57)(H,58,59)(H,60,61)(H,62,63)(H,64,65)/t37-,39+,40-/m0/s1. The number of carboxylic acid groups (broad SMARTS) is 4. The molecule has 0 aliphatic carbocycles. The fourth-order valence-electron chi connectivity index (χ4n) is 6.93. The van der Waals surface area contributed by atoms with Gasteiger partial charge in [0, 0.05) is 50.9 Å². The number of benzene rings is 1. The highest BCUT2D eigenvalue weighted by Gasteiger charge is 2.23. The number of rotatable bonds is 49. The SMILES string of the molecule is CC[C@@H](CSCC(=O)CCCCC[C@H](CC(=O)COCCOCCNC(=O)COCCOCCNC(=O)CC[C@@H](CC(=O)CCCCCCCCCOc1ccc(C(=O)O)cc1)C(=O)O)C(=O)O)C(=O)O. The molecule has 0 saturated carbocycles. The van der Waals surface area contributed by atoms with Crippen LogP contribution in [0, 0.1) is 17.8 Å². The number of thioether (sulfide) groups is 1. The summed E-state index contributed by atoms with van der Waals surface area (Å²) in [7, 11) is 0. The minimum Gasteiger partial charge on any atom is -0.494 e. The van der Waals surface area contributed by atoms with E-state index in [2.05, 4.69) is 10.6 Å². The van der Waals surface area contributed by atoms with Crippen LogP contribution in [-0.2, 0) is 57.3 Å². The molecule has 0 aliphatic rings. The summed E-state index contributed by atoms with van der Waals surface area (Å²) >= 11 is 1.31. The molecule has 0 saturated heterocycles. The normalized spacial score (nSPS) is 12.4. The number of ether oxygens (including phenoxy) is 5. The summed E-state index contributed by atoms with van der Waals surface area (Å²) in [6.07, 6.45) is 9.38. The number of carbonyl (C=O) groups is 9. The van der Waals surface area contributed by atoms with Crippen molar-refractivity contribution in [2.75, 3.05) is 84.1 Å². The lowest BCUT2D eigenvalue weighted by molar-refractivity contribution is -0.145. The maximum atomic E-state index is 12.5. The summed E-state index contributed by atoms with van der Waals surface area (Å²) in [4.78, 5) is 106. The molecule has 0 aromatic heterocycles. The second-order valence-corrected chi connectivity index (χ2v) is 18.2. The predicted molar refractivity (Wildman–Crippen MR) is 263 cm³/mol. The Morgan fingerprint density at radius 3 is 1.61 bits per heavy atom. The molecule has 3 atom stereocenters. The fraction of sp³-hybridized carbons (Fsp3) is 0.700. The molecule has 6 N–H and O–H groups in total. The zero-order valence-corrected chi connectivity index (χ0v) is 42.2. The number of aliphatic carboxylic acids is 3. The molecule has 71 heavy (non-hydrogen) atoms. The number of hydrogen-bond acceptors (Lipinski definition) is 15. The molecule has 0 heterocycles. The molecule has 1 aromatic rings. The van der Waals surface area contributed by atoms with Gasteiger partial charge in [0.15, 0.2) is 5.78 Å². The fourth-order valence-corrected chi connectivity index (χ4v) is 8.08. The lowest BCUT2D eigenvalue weighted by Crippen LogP contribution is -2.31. The topological polar surface area (TPSA) is 305 Å². The highest BCUT2D eigenvalue weighted by Crippen LogP contribution is 2.19. The number of hydrogen-bond donors (Lipinski definition) is 6. The van der Waals surface area contributed by atoms with Gasteiger partial charge in [-0.1, -0.05) is 51.9 Å². The predicted octanol–water partition coefficient (Wildman–Crippen LogP) is 5.65. The summed E-state index contributed by atoms with van der Waals surface area (Å²) in [5, 5.41) is 42.5. The largest absolute Gasteiger partial charge is 0.494 e. The first kappa shape index (κ1) is 64.1. The van der Waals surface area contributed by atoms with Gasteiger partial charge in [-0.3, -0.25) is 38.4 Å². The van der Waals surface area contributed by atoms with Gasteiger partial charge in [0.2, 0.25) is 11.8 Å². The molecule has 2 amide bonds. The van der Waals surface area contributed by atoms with E-state index in [-0.39, 0.29) is 132 Å². The molecule has 21 heteroatoms. The van der Waals surface area contributed by atoms with E-state index in [1.807, 2.05) is 0 Å². The third kappa shape index (κ3) is 35.7. The average Bonchev–Trinajstić information content (AvgIpc) is 3.33. The Morgan fingerprint density at radius 2 is 1.01 bits per heavy atom. The third-order valence-electron chi connectivity index (χ3n) is 11.1. The Morgan fingerprint density at radius 1 is 0.507 bits per heavy atom. The maximum Gasteiger partial charge on any atom is 0.335 e. The Labute approximate surface area is 421 Å². The van der Waals surface area contributed by atoms with Crippen molar-refractivity contribution >= 4 is 64.8 Å². The second-order valence-electron chi connectivity index (χ2n) is 17.1. The van der Waals surface area contributed by atoms with Gasteiger partial charge in [0.05, 0.1) is 75.3 Å². The lowest BCUT2D eigenvalue weighted by Gasteiger charge is -2.12. The van der Waals surface area contributed by atoms with Crippen molar-refractivity contribution in [3.63, 3.8) is 0 Å². The quantitative estimate of drug-likeness (QED) is 0.0430. The third-order valence-corrected chi connectivity index (χ3v) is 12.3. The van der Waals surface area contributed by atoms with Gasteiger partial charge >= 0.3 is 23.9 Å². The van der Waals surface area contributed by atoms with Crippen LogP contribution < -0.4 is 15.4 Å². The Hall–Kier alpha value is -4.96. The Bertz CT molecular complexity index is 1730. The van der Waals surface area contributed by atoms with Crippen LogP contribution >= 0.6 is 11.8 Å². The minimum atomic E-state index is -1.11. The number of aromatic carboxylic acids is 1. The van der Waals surface area contributed by atoms with Gasteiger partial charge in [-0.15, -0.1) is 0 Å². The number of amides is 2. The van der Waals surface area contributed by atoms with Gasteiger partial charge in [0.25, 0.3) is 0 Å². The summed E-state index contributed by atoms with van der Waals surface area (Å²) in [5.74, 6) is -6.18. The summed E-state index contributed by atoms with van der Waals surface area (Å²) < 4.78 is 27.0. The number of carboxylic acids is 4. The Kier molecular flexibility index (Phi) is 37.6. The first-order valence-corrected chi connectivity index (χ1v) is 25.9. The lowest BCUT2D eigenvalue weighted by atomic mass is 9.94. The van der Waals surface area contributed by atoms with Gasteiger partial charge in [-0.2, -0.15) is 11.8 Å². The van der Waals surface area contributed by atoms with Crippen molar-refractivity contribution in [1.82, 2.24) is 10.6 Å². The van der Waals surface area contributed by atoms with Gasteiger partial charge in [0.1, 0.15) is 30.5 Å². The molecule has 0 fully saturated rings. The van der Waals surface area contributed by atoms with E-state index >= 15 is 0 Å². The van der Waals surface area contributed by atoms with E-state index in [9.17, 15) is 53.4 Å². The molecule has 1 rings (SSSR count). The van der Waals surface area contributed by atoms with Crippen molar-refractivity contribution in [2.45, 2.75) is 122 Å². The summed E-state index contributed by atoms with van der Waals surface area (Å²) in [5.41, 5.74) is 0.211. The van der Waals surface area contributed by atoms with Crippen molar-refractivity contribution < 1.29 is 87.3 Å². The second kappa shape index (κ2) is 41.6. The monoisotopic (exact) mass is 1030 g/mol. The summed E-state index contributed by atoms with van der Waals surface area (Å²) in [6, 6.07) is 6.29. The van der Waals surface area contributed by atoms with Crippen molar-refractivity contribution in [2.24, 2.45) is 17.8 Å². The zero-order chi connectivity index (χ0) is 52.5. The molecular weight excluding hydrogens is 949 g/mol. The maximum absolute atomic E-state index is 12.5.